The van der Waals surface area contributed by atoms with Crippen molar-refractivity contribution in [1.29, 1.82) is 0 Å². The number of anilines is 3. The summed E-state index contributed by atoms with van der Waals surface area (Å²) in [5.74, 6) is 0.214. The quantitative estimate of drug-likeness (QED) is 0.351. The van der Waals surface area contributed by atoms with E-state index in [9.17, 15) is 4.79 Å². The average Bonchev–Trinajstić information content (AvgIpc) is 3.16. The number of piperazine rings is 1. The molecule has 0 bridgehead atoms. The number of hydrogen-bond acceptors (Lipinski definition) is 4. The molecule has 1 fully saturated rings. The fourth-order valence-electron chi connectivity index (χ4n) is 5.75. The predicted molar refractivity (Wildman–Crippen MR) is 167 cm³/mol. The third-order valence-corrected chi connectivity index (χ3v) is 7.73. The number of halogens is 3. The van der Waals surface area contributed by atoms with Crippen LogP contribution in [0.5, 0.6) is 0 Å². The van der Waals surface area contributed by atoms with Crippen molar-refractivity contribution in [2.24, 2.45) is 0 Å². The number of para-hydroxylation sites is 1. The second-order valence-corrected chi connectivity index (χ2v) is 9.83. The Bertz CT molecular complexity index is 1180. The summed E-state index contributed by atoms with van der Waals surface area (Å²) in [4.78, 5) is 23.1. The first-order valence-corrected chi connectivity index (χ1v) is 12.8. The van der Waals surface area contributed by atoms with E-state index in [2.05, 4.69) is 102 Å². The van der Waals surface area contributed by atoms with Crippen LogP contribution in [0.2, 0.25) is 0 Å². The Morgan fingerprint density at radius 3 is 2.13 bits per heavy atom. The second kappa shape index (κ2) is 13.6. The predicted octanol–water partition coefficient (Wildman–Crippen LogP) is 5.88. The highest BCUT2D eigenvalue weighted by atomic mass is 35.5. The number of carbonyl (C=O) groups excluding carboxylic acids is 1. The summed E-state index contributed by atoms with van der Waals surface area (Å²) >= 11 is 0. The Morgan fingerprint density at radius 1 is 0.816 bits per heavy atom. The molecule has 0 saturated carbocycles. The number of rotatable bonds is 7. The monoisotopic (exact) mass is 576 g/mol. The number of amides is 1. The number of likely N-dealkylation sites (N-methyl/N-ethyl adjacent to an activating group) is 1. The molecule has 0 radical (unpaired) electrons. The molecule has 1 amide bonds. The molecular weight excluding hydrogens is 539 g/mol. The summed E-state index contributed by atoms with van der Waals surface area (Å²) < 4.78 is 0. The van der Waals surface area contributed by atoms with Gasteiger partial charge in [0.25, 0.3) is 0 Å². The first-order chi connectivity index (χ1) is 17.0. The van der Waals surface area contributed by atoms with Gasteiger partial charge in [-0.15, -0.1) is 37.2 Å². The van der Waals surface area contributed by atoms with Crippen molar-refractivity contribution in [1.82, 2.24) is 4.90 Å². The van der Waals surface area contributed by atoms with Crippen molar-refractivity contribution in [3.8, 4) is 0 Å². The van der Waals surface area contributed by atoms with E-state index in [1.807, 2.05) is 17.0 Å². The fourth-order valence-corrected chi connectivity index (χ4v) is 5.75. The summed E-state index contributed by atoms with van der Waals surface area (Å²) in [5.41, 5.74) is 5.22. The van der Waals surface area contributed by atoms with Gasteiger partial charge in [-0.3, -0.25) is 9.69 Å². The Kier molecular flexibility index (Phi) is 11.3. The molecule has 0 aromatic heterocycles. The summed E-state index contributed by atoms with van der Waals surface area (Å²) in [6.45, 7) is 7.67. The van der Waals surface area contributed by atoms with Gasteiger partial charge in [0.2, 0.25) is 5.91 Å². The van der Waals surface area contributed by atoms with Crippen LogP contribution in [0.15, 0.2) is 78.9 Å². The Hall–Kier alpha value is -2.44. The number of hydrogen-bond donors (Lipinski definition) is 0. The van der Waals surface area contributed by atoms with Crippen molar-refractivity contribution in [3.63, 3.8) is 0 Å². The molecule has 0 N–H and O–H groups in total. The maximum atomic E-state index is 14.0. The highest BCUT2D eigenvalue weighted by Gasteiger charge is 2.51. The molecule has 0 aliphatic carbocycles. The molecule has 5 nitrogen and oxygen atoms in total. The van der Waals surface area contributed by atoms with Crippen LogP contribution in [0, 0.1) is 0 Å². The van der Waals surface area contributed by atoms with Crippen molar-refractivity contribution in [3.05, 3.63) is 90.0 Å². The molecule has 8 heteroatoms. The van der Waals surface area contributed by atoms with E-state index in [1.165, 1.54) is 11.4 Å². The molecule has 0 spiro atoms. The van der Waals surface area contributed by atoms with E-state index in [0.29, 0.717) is 6.54 Å². The van der Waals surface area contributed by atoms with Crippen molar-refractivity contribution in [2.75, 3.05) is 68.1 Å². The minimum absolute atomic E-state index is 0. The first-order valence-electron chi connectivity index (χ1n) is 12.8. The minimum Gasteiger partial charge on any atom is -0.378 e. The van der Waals surface area contributed by atoms with Crippen LogP contribution >= 0.6 is 37.2 Å². The van der Waals surface area contributed by atoms with E-state index in [4.69, 9.17) is 0 Å². The molecule has 5 rings (SSSR count). The van der Waals surface area contributed by atoms with Gasteiger partial charge in [-0.25, -0.2) is 0 Å². The molecule has 1 atom stereocenters. The van der Waals surface area contributed by atoms with Gasteiger partial charge in [0.15, 0.2) is 0 Å². The Balaban J connectivity index is 0.00000169. The van der Waals surface area contributed by atoms with Crippen LogP contribution in [-0.4, -0.2) is 64.2 Å². The SMILES string of the molecule is CCN1C(=O)C(CCN2CCN(c3cccc(N(C)C)c3)CC2)(c2ccccc2)c2ccccc21.Cl.Cl.Cl. The van der Waals surface area contributed by atoms with E-state index in [1.54, 1.807) is 0 Å². The first kappa shape index (κ1) is 31.8. The molecule has 2 aliphatic rings. The topological polar surface area (TPSA) is 30.0 Å². The lowest BCUT2D eigenvalue weighted by Crippen LogP contribution is -2.49. The maximum Gasteiger partial charge on any atom is 0.242 e. The van der Waals surface area contributed by atoms with Gasteiger partial charge in [0.1, 0.15) is 5.41 Å². The normalized spacial score (nSPS) is 18.7. The fraction of sp³-hybridized carbons (Fsp3) is 0.367. The number of benzene rings is 3. The number of nitrogens with zero attached hydrogens (tertiary/aromatic N) is 4. The second-order valence-electron chi connectivity index (χ2n) is 9.83. The van der Waals surface area contributed by atoms with Gasteiger partial charge in [-0.1, -0.05) is 54.6 Å². The van der Waals surface area contributed by atoms with Gasteiger partial charge < -0.3 is 14.7 Å². The number of carbonyl (C=O) groups is 1. The summed E-state index contributed by atoms with van der Waals surface area (Å²) in [6, 6.07) is 27.6. The lowest BCUT2D eigenvalue weighted by molar-refractivity contribution is -0.122. The zero-order chi connectivity index (χ0) is 24.4. The summed E-state index contributed by atoms with van der Waals surface area (Å²) in [5, 5.41) is 0. The van der Waals surface area contributed by atoms with Crippen molar-refractivity contribution >= 4 is 60.2 Å². The molecule has 2 heterocycles. The largest absolute Gasteiger partial charge is 0.378 e. The van der Waals surface area contributed by atoms with Crippen LogP contribution in [0.25, 0.3) is 0 Å². The minimum atomic E-state index is -0.620. The number of fused-ring (bicyclic) bond motifs is 1. The van der Waals surface area contributed by atoms with Gasteiger partial charge in [-0.05, 0) is 55.3 Å². The highest BCUT2D eigenvalue weighted by Crippen LogP contribution is 2.48. The van der Waals surface area contributed by atoms with E-state index in [-0.39, 0.29) is 43.1 Å². The van der Waals surface area contributed by atoms with E-state index < -0.39 is 5.41 Å². The summed E-state index contributed by atoms with van der Waals surface area (Å²) in [7, 11) is 4.17. The molecular formula is C30H39Cl3N4O. The molecule has 1 saturated heterocycles. The van der Waals surface area contributed by atoms with Gasteiger partial charge in [-0.2, -0.15) is 0 Å². The molecule has 1 unspecified atom stereocenters. The maximum absolute atomic E-state index is 14.0. The van der Waals surface area contributed by atoms with E-state index in [0.717, 1.165) is 56.0 Å². The highest BCUT2D eigenvalue weighted by molar-refractivity contribution is 6.10. The zero-order valence-corrected chi connectivity index (χ0v) is 24.8. The smallest absolute Gasteiger partial charge is 0.242 e. The van der Waals surface area contributed by atoms with Gasteiger partial charge >= 0.3 is 0 Å². The van der Waals surface area contributed by atoms with Gasteiger partial charge in [0, 0.05) is 63.9 Å². The Morgan fingerprint density at radius 2 is 1.47 bits per heavy atom. The standard InChI is InChI=1S/C30H36N4O.3ClH/c1-4-34-28-16-9-8-15-27(28)30(29(34)35,24-11-6-5-7-12-24)17-18-32-19-21-33(22-20-32)26-14-10-13-25(23-26)31(2)3;;;/h5-16,23H,4,17-22H2,1-3H3;3*1H. The zero-order valence-electron chi connectivity index (χ0n) is 22.4. The third-order valence-electron chi connectivity index (χ3n) is 7.73. The molecule has 3 aromatic carbocycles. The molecule has 3 aromatic rings. The third kappa shape index (κ3) is 5.76. The molecule has 2 aliphatic heterocycles. The van der Waals surface area contributed by atoms with E-state index >= 15 is 0 Å². The van der Waals surface area contributed by atoms with Crippen LogP contribution in [0.3, 0.4) is 0 Å². The lowest BCUT2D eigenvalue weighted by atomic mass is 9.72. The summed E-state index contributed by atoms with van der Waals surface area (Å²) in [6.07, 6.45) is 0.791. The van der Waals surface area contributed by atoms with Gasteiger partial charge in [0.05, 0.1) is 0 Å². The van der Waals surface area contributed by atoms with Crippen molar-refractivity contribution in [2.45, 2.75) is 18.8 Å². The van der Waals surface area contributed by atoms with Crippen LogP contribution in [0.4, 0.5) is 17.1 Å². The molecule has 38 heavy (non-hydrogen) atoms. The average molecular weight is 578 g/mol. The van der Waals surface area contributed by atoms with Crippen LogP contribution in [0.1, 0.15) is 24.5 Å². The Labute approximate surface area is 246 Å². The van der Waals surface area contributed by atoms with Crippen molar-refractivity contribution < 1.29 is 4.79 Å². The lowest BCUT2D eigenvalue weighted by Gasteiger charge is -2.38. The molecule has 206 valence electrons. The van der Waals surface area contributed by atoms with Crippen LogP contribution < -0.4 is 14.7 Å². The van der Waals surface area contributed by atoms with Crippen LogP contribution in [-0.2, 0) is 10.2 Å².